The van der Waals surface area contributed by atoms with E-state index in [0.717, 1.165) is 53.2 Å². The maximum atomic E-state index is 5.40. The number of fused-ring (bicyclic) bond motifs is 1. The lowest BCUT2D eigenvalue weighted by Gasteiger charge is -2.13. The number of nitrogens with zero attached hydrogens (tertiary/aromatic N) is 2. The highest BCUT2D eigenvalue weighted by Gasteiger charge is 2.08. The summed E-state index contributed by atoms with van der Waals surface area (Å²) < 4.78 is 10.7. The molecule has 2 N–H and O–H groups in total. The van der Waals surface area contributed by atoms with Gasteiger partial charge in [-0.15, -0.1) is 0 Å². The molecule has 0 unspecified atom stereocenters. The molecular weight excluding hydrogens is 400 g/mol. The normalized spacial score (nSPS) is 10.7. The first-order valence-electron chi connectivity index (χ1n) is 10.8. The van der Waals surface area contributed by atoms with Crippen molar-refractivity contribution in [1.29, 1.82) is 0 Å². The summed E-state index contributed by atoms with van der Waals surface area (Å²) in [6.45, 7) is 1.51. The topological polar surface area (TPSA) is 68.3 Å². The quantitative estimate of drug-likeness (QED) is 0.372. The predicted octanol–water partition coefficient (Wildman–Crippen LogP) is 4.96. The summed E-state index contributed by atoms with van der Waals surface area (Å²) in [7, 11) is 3.29. The van der Waals surface area contributed by atoms with Crippen molar-refractivity contribution in [3.05, 3.63) is 83.9 Å². The number of rotatable bonds is 10. The fourth-order valence-electron chi connectivity index (χ4n) is 3.62. The molecule has 0 saturated heterocycles. The third-order valence-corrected chi connectivity index (χ3v) is 5.30. The molecule has 0 radical (unpaired) electrons. The van der Waals surface area contributed by atoms with Gasteiger partial charge in [-0.3, -0.25) is 0 Å². The van der Waals surface area contributed by atoms with Crippen LogP contribution in [0.3, 0.4) is 0 Å². The second-order valence-electron chi connectivity index (χ2n) is 7.44. The molecule has 0 amide bonds. The molecule has 164 valence electrons. The molecule has 0 saturated carbocycles. The summed E-state index contributed by atoms with van der Waals surface area (Å²) in [5, 5.41) is 7.88. The van der Waals surface area contributed by atoms with E-state index in [2.05, 4.69) is 39.9 Å². The van der Waals surface area contributed by atoms with Gasteiger partial charge in [0.25, 0.3) is 0 Å². The van der Waals surface area contributed by atoms with E-state index in [1.807, 2.05) is 48.5 Å². The number of methoxy groups -OCH3 is 2. The van der Waals surface area contributed by atoms with Crippen molar-refractivity contribution in [2.75, 3.05) is 37.9 Å². The highest BCUT2D eigenvalue weighted by Crippen LogP contribution is 2.28. The van der Waals surface area contributed by atoms with E-state index in [-0.39, 0.29) is 0 Å². The third kappa shape index (κ3) is 5.27. The highest BCUT2D eigenvalue weighted by molar-refractivity contribution is 5.90. The van der Waals surface area contributed by atoms with E-state index in [1.54, 1.807) is 14.2 Å². The van der Waals surface area contributed by atoms with E-state index in [4.69, 9.17) is 14.5 Å². The Morgan fingerprint density at radius 2 is 1.41 bits per heavy atom. The van der Waals surface area contributed by atoms with E-state index in [9.17, 15) is 0 Å². The van der Waals surface area contributed by atoms with Gasteiger partial charge in [0.1, 0.15) is 5.82 Å². The molecule has 4 rings (SSSR count). The van der Waals surface area contributed by atoms with Gasteiger partial charge in [0, 0.05) is 18.5 Å². The van der Waals surface area contributed by atoms with Gasteiger partial charge >= 0.3 is 0 Å². The summed E-state index contributed by atoms with van der Waals surface area (Å²) >= 11 is 0. The van der Waals surface area contributed by atoms with Gasteiger partial charge in [-0.25, -0.2) is 4.98 Å². The van der Waals surface area contributed by atoms with Crippen LogP contribution in [0.2, 0.25) is 0 Å². The van der Waals surface area contributed by atoms with Crippen molar-refractivity contribution >= 4 is 22.7 Å². The Labute approximate surface area is 188 Å². The minimum atomic E-state index is 0.617. The minimum absolute atomic E-state index is 0.617. The number of nitrogens with one attached hydrogen (secondary N) is 2. The van der Waals surface area contributed by atoms with E-state index in [1.165, 1.54) is 5.56 Å². The van der Waals surface area contributed by atoms with Gasteiger partial charge < -0.3 is 20.1 Å². The van der Waals surface area contributed by atoms with Crippen molar-refractivity contribution in [1.82, 2.24) is 9.97 Å². The Bertz CT molecular complexity index is 1170. The Hall–Kier alpha value is -3.80. The molecule has 0 fully saturated rings. The zero-order valence-electron chi connectivity index (χ0n) is 18.5. The van der Waals surface area contributed by atoms with Gasteiger partial charge in [0.15, 0.2) is 11.5 Å². The molecule has 0 bridgehead atoms. The van der Waals surface area contributed by atoms with Crippen molar-refractivity contribution in [2.45, 2.75) is 12.8 Å². The van der Waals surface area contributed by atoms with Gasteiger partial charge in [0.05, 0.1) is 19.7 Å². The molecular formula is C26H28N4O2. The number of benzene rings is 3. The fraction of sp³-hybridized carbons (Fsp3) is 0.231. The first-order valence-corrected chi connectivity index (χ1v) is 10.8. The zero-order chi connectivity index (χ0) is 22.2. The van der Waals surface area contributed by atoms with Crippen LogP contribution in [0.25, 0.3) is 10.9 Å². The third-order valence-electron chi connectivity index (χ3n) is 5.30. The Kier molecular flexibility index (Phi) is 7.02. The molecule has 0 aliphatic carbocycles. The molecule has 32 heavy (non-hydrogen) atoms. The minimum Gasteiger partial charge on any atom is -0.493 e. The number of hydrogen-bond acceptors (Lipinski definition) is 6. The van der Waals surface area contributed by atoms with Crippen molar-refractivity contribution in [3.63, 3.8) is 0 Å². The average Bonchev–Trinajstić information content (AvgIpc) is 2.84. The molecule has 4 aromatic rings. The second-order valence-corrected chi connectivity index (χ2v) is 7.44. The smallest absolute Gasteiger partial charge is 0.225 e. The summed E-state index contributed by atoms with van der Waals surface area (Å²) in [6.07, 6.45) is 1.74. The summed E-state index contributed by atoms with van der Waals surface area (Å²) in [6, 6.07) is 24.5. The molecule has 6 nitrogen and oxygen atoms in total. The predicted molar refractivity (Wildman–Crippen MR) is 130 cm³/mol. The Morgan fingerprint density at radius 3 is 2.22 bits per heavy atom. The Balaban J connectivity index is 1.43. The van der Waals surface area contributed by atoms with Crippen LogP contribution >= 0.6 is 0 Å². The van der Waals surface area contributed by atoms with Crippen molar-refractivity contribution in [3.8, 4) is 11.5 Å². The van der Waals surface area contributed by atoms with E-state index >= 15 is 0 Å². The average molecular weight is 429 g/mol. The van der Waals surface area contributed by atoms with Crippen LogP contribution in [0, 0.1) is 0 Å². The van der Waals surface area contributed by atoms with Crippen LogP contribution in [0.5, 0.6) is 11.5 Å². The van der Waals surface area contributed by atoms with Crippen LogP contribution in [-0.2, 0) is 12.8 Å². The van der Waals surface area contributed by atoms with Crippen LogP contribution in [0.4, 0.5) is 11.8 Å². The highest BCUT2D eigenvalue weighted by atomic mass is 16.5. The van der Waals surface area contributed by atoms with Gasteiger partial charge in [0.2, 0.25) is 5.95 Å². The largest absolute Gasteiger partial charge is 0.493 e. The number of ether oxygens (including phenoxy) is 2. The summed E-state index contributed by atoms with van der Waals surface area (Å²) in [5.74, 6) is 2.93. The maximum absolute atomic E-state index is 5.40. The lowest BCUT2D eigenvalue weighted by Crippen LogP contribution is -2.12. The molecule has 1 heterocycles. The second kappa shape index (κ2) is 10.5. The summed E-state index contributed by atoms with van der Waals surface area (Å²) in [5.41, 5.74) is 3.36. The lowest BCUT2D eigenvalue weighted by molar-refractivity contribution is 0.354. The SMILES string of the molecule is COc1ccc(CCNc2nc(NCCc3ccccc3)c3ccccc3n2)cc1OC. The molecule has 6 heteroatoms. The molecule has 0 aliphatic rings. The van der Waals surface area contributed by atoms with Crippen LogP contribution < -0.4 is 20.1 Å². The first-order chi connectivity index (χ1) is 15.8. The number of para-hydroxylation sites is 1. The molecule has 0 atom stereocenters. The first kappa shape index (κ1) is 21.4. The van der Waals surface area contributed by atoms with Gasteiger partial charge in [-0.05, 0) is 48.2 Å². The standard InChI is InChI=1S/C26H28N4O2/c1-31-23-13-12-20(18-24(23)32-2)15-17-28-26-29-22-11-7-6-10-21(22)25(30-26)27-16-14-19-8-4-3-5-9-19/h3-13,18H,14-17H2,1-2H3,(H2,27,28,29,30). The number of aromatic nitrogens is 2. The van der Waals surface area contributed by atoms with Crippen LogP contribution in [-0.4, -0.2) is 37.3 Å². The summed E-state index contributed by atoms with van der Waals surface area (Å²) in [4.78, 5) is 9.43. The zero-order valence-corrected chi connectivity index (χ0v) is 18.5. The van der Waals surface area contributed by atoms with Crippen LogP contribution in [0.15, 0.2) is 72.8 Å². The molecule has 0 aliphatic heterocycles. The van der Waals surface area contributed by atoms with E-state index in [0.29, 0.717) is 12.5 Å². The Morgan fingerprint density at radius 1 is 0.688 bits per heavy atom. The van der Waals surface area contributed by atoms with Crippen molar-refractivity contribution in [2.24, 2.45) is 0 Å². The maximum Gasteiger partial charge on any atom is 0.225 e. The molecule has 3 aromatic carbocycles. The monoisotopic (exact) mass is 428 g/mol. The lowest BCUT2D eigenvalue weighted by atomic mass is 10.1. The number of hydrogen-bond donors (Lipinski definition) is 2. The van der Waals surface area contributed by atoms with Gasteiger partial charge in [-0.1, -0.05) is 48.5 Å². The van der Waals surface area contributed by atoms with Crippen molar-refractivity contribution < 1.29 is 9.47 Å². The molecule has 1 aromatic heterocycles. The fourth-order valence-corrected chi connectivity index (χ4v) is 3.62. The van der Waals surface area contributed by atoms with E-state index < -0.39 is 0 Å². The van der Waals surface area contributed by atoms with Crippen LogP contribution in [0.1, 0.15) is 11.1 Å². The molecule has 0 spiro atoms. The number of anilines is 2. The van der Waals surface area contributed by atoms with Gasteiger partial charge in [-0.2, -0.15) is 4.98 Å².